The van der Waals surface area contributed by atoms with Crippen LogP contribution in [0.25, 0.3) is 0 Å². The predicted molar refractivity (Wildman–Crippen MR) is 89.3 cm³/mol. The van der Waals surface area contributed by atoms with Gasteiger partial charge in [-0.3, -0.25) is 14.0 Å². The molecule has 0 saturated carbocycles. The van der Waals surface area contributed by atoms with Gasteiger partial charge in [-0.25, -0.2) is 8.42 Å². The van der Waals surface area contributed by atoms with Crippen LogP contribution in [0, 0.1) is 0 Å². The van der Waals surface area contributed by atoms with E-state index < -0.39 is 10.0 Å². The standard InChI is InChI=1S/C15H23N3O4S/c1-17(23(2,20)21)14-6-4-3-5-13(14)15(19)16-7-8-18-9-11-22-12-10-18/h3-6H,7-12H2,1-2H3,(H,16,19). The van der Waals surface area contributed by atoms with Gasteiger partial charge in [0.25, 0.3) is 5.91 Å². The van der Waals surface area contributed by atoms with E-state index in [-0.39, 0.29) is 5.91 Å². The zero-order valence-electron chi connectivity index (χ0n) is 13.5. The number of hydrogen-bond acceptors (Lipinski definition) is 5. The fourth-order valence-corrected chi connectivity index (χ4v) is 2.88. The van der Waals surface area contributed by atoms with Crippen molar-refractivity contribution in [3.63, 3.8) is 0 Å². The highest BCUT2D eigenvalue weighted by atomic mass is 32.2. The molecule has 0 unspecified atom stereocenters. The molecular formula is C15H23N3O4S. The number of nitrogens with one attached hydrogen (secondary N) is 1. The van der Waals surface area contributed by atoms with Crippen LogP contribution in [0.2, 0.25) is 0 Å². The van der Waals surface area contributed by atoms with Gasteiger partial charge < -0.3 is 10.1 Å². The summed E-state index contributed by atoms with van der Waals surface area (Å²) >= 11 is 0. The molecule has 1 aliphatic heterocycles. The first-order valence-electron chi connectivity index (χ1n) is 7.51. The minimum atomic E-state index is -3.42. The molecule has 0 atom stereocenters. The third-order valence-electron chi connectivity index (χ3n) is 3.80. The van der Waals surface area contributed by atoms with Crippen LogP contribution in [0.4, 0.5) is 5.69 Å². The molecule has 1 heterocycles. The van der Waals surface area contributed by atoms with Crippen LogP contribution in [-0.4, -0.2) is 71.9 Å². The van der Waals surface area contributed by atoms with E-state index in [2.05, 4.69) is 10.2 Å². The van der Waals surface area contributed by atoms with Gasteiger partial charge >= 0.3 is 0 Å². The SMILES string of the molecule is CN(c1ccccc1C(=O)NCCN1CCOCC1)S(C)(=O)=O. The van der Waals surface area contributed by atoms with E-state index in [1.807, 2.05) is 0 Å². The molecule has 0 spiro atoms. The molecule has 1 aromatic carbocycles. The van der Waals surface area contributed by atoms with Gasteiger partial charge in [0.1, 0.15) is 0 Å². The molecule has 8 heteroatoms. The molecule has 1 saturated heterocycles. The maximum absolute atomic E-state index is 12.4. The van der Waals surface area contributed by atoms with Crippen molar-refractivity contribution < 1.29 is 17.9 Å². The fraction of sp³-hybridized carbons (Fsp3) is 0.533. The summed E-state index contributed by atoms with van der Waals surface area (Å²) in [6.45, 7) is 4.42. The number of para-hydroxylation sites is 1. The summed E-state index contributed by atoms with van der Waals surface area (Å²) in [4.78, 5) is 14.6. The lowest BCUT2D eigenvalue weighted by Gasteiger charge is -2.26. The van der Waals surface area contributed by atoms with Crippen LogP contribution in [0.1, 0.15) is 10.4 Å². The third-order valence-corrected chi connectivity index (χ3v) is 4.99. The van der Waals surface area contributed by atoms with Gasteiger partial charge in [-0.15, -0.1) is 0 Å². The molecule has 1 fully saturated rings. The van der Waals surface area contributed by atoms with Gasteiger partial charge in [-0.05, 0) is 12.1 Å². The first kappa shape index (κ1) is 17.7. The van der Waals surface area contributed by atoms with Crippen molar-refractivity contribution in [1.82, 2.24) is 10.2 Å². The van der Waals surface area contributed by atoms with Gasteiger partial charge in [-0.2, -0.15) is 0 Å². The van der Waals surface area contributed by atoms with Crippen LogP contribution < -0.4 is 9.62 Å². The minimum absolute atomic E-state index is 0.274. The van der Waals surface area contributed by atoms with Crippen molar-refractivity contribution in [1.29, 1.82) is 0 Å². The predicted octanol–water partition coefficient (Wildman–Crippen LogP) is 0.144. The maximum atomic E-state index is 12.4. The number of sulfonamides is 1. The number of nitrogens with zero attached hydrogens (tertiary/aromatic N) is 2. The monoisotopic (exact) mass is 341 g/mol. The van der Waals surface area contributed by atoms with Crippen molar-refractivity contribution >= 4 is 21.6 Å². The molecule has 2 rings (SSSR count). The van der Waals surface area contributed by atoms with E-state index in [0.29, 0.717) is 17.8 Å². The molecule has 0 bridgehead atoms. The van der Waals surface area contributed by atoms with Gasteiger partial charge in [0.05, 0.1) is 30.7 Å². The number of hydrogen-bond donors (Lipinski definition) is 1. The lowest BCUT2D eigenvalue weighted by molar-refractivity contribution is 0.0383. The van der Waals surface area contributed by atoms with E-state index in [4.69, 9.17) is 4.74 Å². The molecular weight excluding hydrogens is 318 g/mol. The first-order chi connectivity index (χ1) is 10.9. The van der Waals surface area contributed by atoms with Crippen LogP contribution in [0.5, 0.6) is 0 Å². The Bertz CT molecular complexity index is 642. The average Bonchev–Trinajstić information content (AvgIpc) is 2.54. The van der Waals surface area contributed by atoms with E-state index in [1.54, 1.807) is 24.3 Å². The second-order valence-corrected chi connectivity index (χ2v) is 7.47. The molecule has 128 valence electrons. The smallest absolute Gasteiger partial charge is 0.253 e. The van der Waals surface area contributed by atoms with Crippen molar-refractivity contribution in [2.45, 2.75) is 0 Å². The van der Waals surface area contributed by atoms with Crippen molar-refractivity contribution in [3.05, 3.63) is 29.8 Å². The maximum Gasteiger partial charge on any atom is 0.253 e. The van der Waals surface area contributed by atoms with Crippen LogP contribution in [0.15, 0.2) is 24.3 Å². The van der Waals surface area contributed by atoms with Crippen LogP contribution >= 0.6 is 0 Å². The fourth-order valence-electron chi connectivity index (χ4n) is 2.37. The summed E-state index contributed by atoms with van der Waals surface area (Å²) in [6, 6.07) is 6.68. The Hall–Kier alpha value is -1.64. The van der Waals surface area contributed by atoms with Crippen LogP contribution in [-0.2, 0) is 14.8 Å². The quantitative estimate of drug-likeness (QED) is 0.796. The third kappa shape index (κ3) is 4.92. The number of amides is 1. The van der Waals surface area contributed by atoms with E-state index in [9.17, 15) is 13.2 Å². The summed E-state index contributed by atoms with van der Waals surface area (Å²) in [5.41, 5.74) is 0.723. The van der Waals surface area contributed by atoms with Crippen LogP contribution in [0.3, 0.4) is 0 Å². The Morgan fingerprint density at radius 1 is 1.30 bits per heavy atom. The molecule has 0 aliphatic carbocycles. The zero-order chi connectivity index (χ0) is 16.9. The Kier molecular flexibility index (Phi) is 5.97. The average molecular weight is 341 g/mol. The molecule has 0 radical (unpaired) electrons. The number of anilines is 1. The van der Waals surface area contributed by atoms with Crippen molar-refractivity contribution in [3.8, 4) is 0 Å². The summed E-state index contributed by atoms with van der Waals surface area (Å²) in [5, 5.41) is 2.85. The zero-order valence-corrected chi connectivity index (χ0v) is 14.3. The molecule has 1 aliphatic rings. The number of carbonyl (C=O) groups is 1. The first-order valence-corrected chi connectivity index (χ1v) is 9.35. The highest BCUT2D eigenvalue weighted by Gasteiger charge is 2.19. The molecule has 1 N–H and O–H groups in total. The summed E-state index contributed by atoms with van der Waals surface area (Å²) < 4.78 is 29.8. The van der Waals surface area contributed by atoms with Gasteiger partial charge in [0.2, 0.25) is 10.0 Å². The second kappa shape index (κ2) is 7.76. The largest absolute Gasteiger partial charge is 0.379 e. The molecule has 23 heavy (non-hydrogen) atoms. The number of carbonyl (C=O) groups excluding carboxylic acids is 1. The lowest BCUT2D eigenvalue weighted by atomic mass is 10.1. The van der Waals surface area contributed by atoms with Gasteiger partial charge in [0.15, 0.2) is 0 Å². The van der Waals surface area contributed by atoms with Crippen molar-refractivity contribution in [2.24, 2.45) is 0 Å². The Labute approximate surface area is 137 Å². The minimum Gasteiger partial charge on any atom is -0.379 e. The second-order valence-electron chi connectivity index (χ2n) is 5.46. The topological polar surface area (TPSA) is 79.0 Å². The Morgan fingerprint density at radius 3 is 2.61 bits per heavy atom. The van der Waals surface area contributed by atoms with E-state index in [0.717, 1.165) is 43.4 Å². The number of morpholine rings is 1. The van der Waals surface area contributed by atoms with Crippen molar-refractivity contribution in [2.75, 3.05) is 57.0 Å². The molecule has 1 amide bonds. The number of ether oxygens (including phenoxy) is 1. The Balaban J connectivity index is 1.99. The van der Waals surface area contributed by atoms with E-state index in [1.165, 1.54) is 7.05 Å². The lowest BCUT2D eigenvalue weighted by Crippen LogP contribution is -2.41. The Morgan fingerprint density at radius 2 is 1.96 bits per heavy atom. The normalized spacial score (nSPS) is 16.1. The highest BCUT2D eigenvalue weighted by molar-refractivity contribution is 7.92. The molecule has 1 aromatic rings. The summed E-state index contributed by atoms with van der Waals surface area (Å²) in [6.07, 6.45) is 1.11. The number of rotatable bonds is 6. The van der Waals surface area contributed by atoms with Gasteiger partial charge in [0, 0.05) is 33.2 Å². The van der Waals surface area contributed by atoms with Gasteiger partial charge in [-0.1, -0.05) is 12.1 Å². The van der Waals surface area contributed by atoms with E-state index >= 15 is 0 Å². The highest BCUT2D eigenvalue weighted by Crippen LogP contribution is 2.21. The number of benzene rings is 1. The molecule has 0 aromatic heterocycles. The molecule has 7 nitrogen and oxygen atoms in total. The summed E-state index contributed by atoms with van der Waals surface area (Å²) in [5.74, 6) is -0.274. The summed E-state index contributed by atoms with van der Waals surface area (Å²) in [7, 11) is -1.98.